The first-order valence-electron chi connectivity index (χ1n) is 8.49. The zero-order valence-electron chi connectivity index (χ0n) is 13.9. The van der Waals surface area contributed by atoms with Crippen molar-refractivity contribution in [2.75, 3.05) is 37.6 Å². The van der Waals surface area contributed by atoms with E-state index >= 15 is 0 Å². The lowest BCUT2D eigenvalue weighted by Crippen LogP contribution is -2.47. The standard InChI is InChI=1S/C19H24N4O/c24-19(21-16-17-6-9-20-10-7-17)8-11-22-12-14-23(15-13-22)18-4-2-1-3-5-18/h1-7,9-10H,8,11-16H2,(H,21,24). The molecule has 126 valence electrons. The summed E-state index contributed by atoms with van der Waals surface area (Å²) in [6, 6.07) is 14.4. The van der Waals surface area contributed by atoms with E-state index in [1.807, 2.05) is 18.2 Å². The number of nitrogens with one attached hydrogen (secondary N) is 1. The molecule has 0 aliphatic carbocycles. The van der Waals surface area contributed by atoms with Crippen LogP contribution in [0, 0.1) is 0 Å². The first kappa shape index (κ1) is 16.5. The van der Waals surface area contributed by atoms with Crippen LogP contribution in [-0.2, 0) is 11.3 Å². The predicted molar refractivity (Wildman–Crippen MR) is 95.8 cm³/mol. The summed E-state index contributed by atoms with van der Waals surface area (Å²) in [5, 5.41) is 2.97. The average molecular weight is 324 g/mol. The van der Waals surface area contributed by atoms with Gasteiger partial charge in [0.05, 0.1) is 0 Å². The molecule has 0 radical (unpaired) electrons. The molecule has 1 fully saturated rings. The van der Waals surface area contributed by atoms with Crippen LogP contribution in [0.4, 0.5) is 5.69 Å². The van der Waals surface area contributed by atoms with E-state index in [0.717, 1.165) is 38.3 Å². The maximum Gasteiger partial charge on any atom is 0.221 e. The van der Waals surface area contributed by atoms with Gasteiger partial charge in [-0.1, -0.05) is 18.2 Å². The van der Waals surface area contributed by atoms with Crippen molar-refractivity contribution < 1.29 is 4.79 Å². The molecule has 0 atom stereocenters. The molecular formula is C19H24N4O. The highest BCUT2D eigenvalue weighted by Crippen LogP contribution is 2.15. The Morgan fingerprint density at radius 3 is 2.42 bits per heavy atom. The molecule has 0 saturated carbocycles. The van der Waals surface area contributed by atoms with Crippen molar-refractivity contribution in [3.05, 3.63) is 60.4 Å². The zero-order valence-corrected chi connectivity index (χ0v) is 13.9. The van der Waals surface area contributed by atoms with Crippen LogP contribution < -0.4 is 10.2 Å². The van der Waals surface area contributed by atoms with E-state index in [1.54, 1.807) is 12.4 Å². The molecule has 1 aliphatic heterocycles. The van der Waals surface area contributed by atoms with Crippen LogP contribution in [0.15, 0.2) is 54.9 Å². The molecule has 5 nitrogen and oxygen atoms in total. The minimum Gasteiger partial charge on any atom is -0.369 e. The van der Waals surface area contributed by atoms with Crippen molar-refractivity contribution in [3.63, 3.8) is 0 Å². The van der Waals surface area contributed by atoms with Crippen LogP contribution in [0.2, 0.25) is 0 Å². The molecule has 3 rings (SSSR count). The average Bonchev–Trinajstić information content (AvgIpc) is 2.67. The number of anilines is 1. The number of benzene rings is 1. The van der Waals surface area contributed by atoms with Gasteiger partial charge in [0.2, 0.25) is 5.91 Å². The van der Waals surface area contributed by atoms with Gasteiger partial charge in [-0.05, 0) is 29.8 Å². The number of hydrogen-bond donors (Lipinski definition) is 1. The molecule has 1 aliphatic rings. The summed E-state index contributed by atoms with van der Waals surface area (Å²) in [6.07, 6.45) is 4.04. The number of carbonyl (C=O) groups excluding carboxylic acids is 1. The number of piperazine rings is 1. The smallest absolute Gasteiger partial charge is 0.221 e. The Morgan fingerprint density at radius 2 is 1.71 bits per heavy atom. The van der Waals surface area contributed by atoms with Gasteiger partial charge in [-0.2, -0.15) is 0 Å². The molecule has 2 heterocycles. The highest BCUT2D eigenvalue weighted by atomic mass is 16.1. The van der Waals surface area contributed by atoms with Gasteiger partial charge in [0.1, 0.15) is 0 Å². The summed E-state index contributed by atoms with van der Waals surface area (Å²) in [7, 11) is 0. The largest absolute Gasteiger partial charge is 0.369 e. The summed E-state index contributed by atoms with van der Waals surface area (Å²) >= 11 is 0. The first-order chi connectivity index (χ1) is 11.8. The van der Waals surface area contributed by atoms with Crippen molar-refractivity contribution in [2.45, 2.75) is 13.0 Å². The lowest BCUT2D eigenvalue weighted by Gasteiger charge is -2.36. The second-order valence-electron chi connectivity index (χ2n) is 6.05. The van der Waals surface area contributed by atoms with E-state index in [0.29, 0.717) is 13.0 Å². The van der Waals surface area contributed by atoms with Crippen LogP contribution in [0.5, 0.6) is 0 Å². The third kappa shape index (κ3) is 4.80. The maximum atomic E-state index is 12.0. The van der Waals surface area contributed by atoms with E-state index in [-0.39, 0.29) is 5.91 Å². The summed E-state index contributed by atoms with van der Waals surface area (Å²) in [5.41, 5.74) is 2.36. The number of nitrogens with zero attached hydrogens (tertiary/aromatic N) is 3. The van der Waals surface area contributed by atoms with Crippen LogP contribution in [0.3, 0.4) is 0 Å². The zero-order chi connectivity index (χ0) is 16.6. The Labute approximate surface area is 143 Å². The Morgan fingerprint density at radius 1 is 1.00 bits per heavy atom. The van der Waals surface area contributed by atoms with Crippen LogP contribution in [0.25, 0.3) is 0 Å². The maximum absolute atomic E-state index is 12.0. The monoisotopic (exact) mass is 324 g/mol. The van der Waals surface area contributed by atoms with Crippen molar-refractivity contribution in [3.8, 4) is 0 Å². The third-order valence-corrected chi connectivity index (χ3v) is 4.39. The van der Waals surface area contributed by atoms with Crippen molar-refractivity contribution in [1.82, 2.24) is 15.2 Å². The number of hydrogen-bond acceptors (Lipinski definition) is 4. The van der Waals surface area contributed by atoms with Crippen molar-refractivity contribution in [1.29, 1.82) is 0 Å². The molecule has 1 aromatic heterocycles. The predicted octanol–water partition coefficient (Wildman–Crippen LogP) is 1.91. The van der Waals surface area contributed by atoms with Gasteiger partial charge < -0.3 is 10.2 Å². The van der Waals surface area contributed by atoms with E-state index < -0.39 is 0 Å². The van der Waals surface area contributed by atoms with Gasteiger partial charge in [-0.3, -0.25) is 14.7 Å². The number of pyridine rings is 1. The van der Waals surface area contributed by atoms with Gasteiger partial charge in [0.15, 0.2) is 0 Å². The Hall–Kier alpha value is -2.40. The Kier molecular flexibility index (Phi) is 5.80. The second-order valence-corrected chi connectivity index (χ2v) is 6.05. The van der Waals surface area contributed by atoms with Crippen molar-refractivity contribution in [2.24, 2.45) is 0 Å². The summed E-state index contributed by atoms with van der Waals surface area (Å²) < 4.78 is 0. The fourth-order valence-electron chi connectivity index (χ4n) is 2.92. The molecule has 0 unspecified atom stereocenters. The van der Waals surface area contributed by atoms with Crippen LogP contribution in [-0.4, -0.2) is 48.5 Å². The quantitative estimate of drug-likeness (QED) is 0.882. The molecular weight excluding hydrogens is 300 g/mol. The molecule has 24 heavy (non-hydrogen) atoms. The first-order valence-corrected chi connectivity index (χ1v) is 8.49. The fraction of sp³-hybridized carbons (Fsp3) is 0.368. The lowest BCUT2D eigenvalue weighted by atomic mass is 10.2. The van der Waals surface area contributed by atoms with Gasteiger partial charge in [0.25, 0.3) is 0 Å². The highest BCUT2D eigenvalue weighted by Gasteiger charge is 2.17. The van der Waals surface area contributed by atoms with Crippen LogP contribution in [0.1, 0.15) is 12.0 Å². The lowest BCUT2D eigenvalue weighted by molar-refractivity contribution is -0.121. The minimum absolute atomic E-state index is 0.109. The molecule has 1 N–H and O–H groups in total. The summed E-state index contributed by atoms with van der Waals surface area (Å²) in [4.78, 5) is 20.7. The summed E-state index contributed by atoms with van der Waals surface area (Å²) in [5.74, 6) is 0.109. The van der Waals surface area contributed by atoms with Gasteiger partial charge >= 0.3 is 0 Å². The SMILES string of the molecule is O=C(CCN1CCN(c2ccccc2)CC1)NCc1ccncc1. The number of amides is 1. The number of aromatic nitrogens is 1. The summed E-state index contributed by atoms with van der Waals surface area (Å²) in [6.45, 7) is 5.44. The highest BCUT2D eigenvalue weighted by molar-refractivity contribution is 5.76. The Bertz CT molecular complexity index is 624. The normalized spacial score (nSPS) is 15.2. The number of para-hydroxylation sites is 1. The van der Waals surface area contributed by atoms with Crippen LogP contribution >= 0.6 is 0 Å². The Balaban J connectivity index is 1.35. The molecule has 2 aromatic rings. The minimum atomic E-state index is 0.109. The molecule has 5 heteroatoms. The van der Waals surface area contributed by atoms with E-state index in [2.05, 4.69) is 44.4 Å². The molecule has 1 saturated heterocycles. The fourth-order valence-corrected chi connectivity index (χ4v) is 2.92. The van der Waals surface area contributed by atoms with Gasteiger partial charge in [-0.25, -0.2) is 0 Å². The molecule has 1 amide bonds. The van der Waals surface area contributed by atoms with E-state index in [9.17, 15) is 4.79 Å². The van der Waals surface area contributed by atoms with Crippen molar-refractivity contribution >= 4 is 11.6 Å². The number of rotatable bonds is 6. The second kappa shape index (κ2) is 8.45. The van der Waals surface area contributed by atoms with E-state index in [1.165, 1.54) is 5.69 Å². The molecule has 0 bridgehead atoms. The topological polar surface area (TPSA) is 48.5 Å². The molecule has 0 spiro atoms. The van der Waals surface area contributed by atoms with Gasteiger partial charge in [0, 0.05) is 63.8 Å². The molecule has 1 aromatic carbocycles. The van der Waals surface area contributed by atoms with E-state index in [4.69, 9.17) is 0 Å². The number of carbonyl (C=O) groups is 1. The van der Waals surface area contributed by atoms with Gasteiger partial charge in [-0.15, -0.1) is 0 Å². The third-order valence-electron chi connectivity index (χ3n) is 4.39.